The van der Waals surface area contributed by atoms with Crippen molar-refractivity contribution < 1.29 is 9.53 Å². The first-order valence-electron chi connectivity index (χ1n) is 13.5. The van der Waals surface area contributed by atoms with Crippen LogP contribution < -0.4 is 0 Å². The Morgan fingerprint density at radius 3 is 2.65 bits per heavy atom. The summed E-state index contributed by atoms with van der Waals surface area (Å²) in [5.41, 5.74) is 7.07. The zero-order valence-corrected chi connectivity index (χ0v) is 22.1. The van der Waals surface area contributed by atoms with Crippen molar-refractivity contribution >= 4 is 17.0 Å². The number of hydrogen-bond acceptors (Lipinski definition) is 6. The van der Waals surface area contributed by atoms with Crippen LogP contribution in [0.15, 0.2) is 54.2 Å². The maximum absolute atomic E-state index is 13.6. The molecule has 1 saturated carbocycles. The number of aromatic nitrogens is 3. The number of rotatable bonds is 6. The van der Waals surface area contributed by atoms with Crippen LogP contribution in [0, 0.1) is 12.8 Å². The SMILES string of the molecule is COCCN1CCN(C2=CN3C(=O)C=C(c4cc5c(C6CC6)nc(C)cn5n4)C(C)CC=C3C=C2)CC1. The Morgan fingerprint density at radius 2 is 1.89 bits per heavy atom. The van der Waals surface area contributed by atoms with Crippen LogP contribution in [0.5, 0.6) is 0 Å². The van der Waals surface area contributed by atoms with Gasteiger partial charge >= 0.3 is 0 Å². The van der Waals surface area contributed by atoms with Gasteiger partial charge in [-0.25, -0.2) is 4.52 Å². The van der Waals surface area contributed by atoms with E-state index in [1.807, 2.05) is 23.8 Å². The molecule has 0 N–H and O–H groups in total. The van der Waals surface area contributed by atoms with Crippen molar-refractivity contribution in [1.29, 1.82) is 0 Å². The molecule has 8 nitrogen and oxygen atoms in total. The molecule has 1 amide bonds. The van der Waals surface area contributed by atoms with Crippen LogP contribution in [-0.2, 0) is 9.53 Å². The summed E-state index contributed by atoms with van der Waals surface area (Å²) in [6.45, 7) is 9.80. The average Bonchev–Trinajstić information content (AvgIpc) is 3.67. The minimum Gasteiger partial charge on any atom is -0.383 e. The number of amides is 1. The minimum atomic E-state index is -0.0258. The van der Waals surface area contributed by atoms with E-state index in [4.69, 9.17) is 14.8 Å². The van der Waals surface area contributed by atoms with Crippen LogP contribution >= 0.6 is 0 Å². The molecule has 4 aliphatic rings. The predicted molar refractivity (Wildman–Crippen MR) is 143 cm³/mol. The summed E-state index contributed by atoms with van der Waals surface area (Å²) < 4.78 is 7.18. The second-order valence-corrected chi connectivity index (χ2v) is 10.7. The summed E-state index contributed by atoms with van der Waals surface area (Å²) in [7, 11) is 1.75. The van der Waals surface area contributed by atoms with Crippen molar-refractivity contribution in [1.82, 2.24) is 29.3 Å². The van der Waals surface area contributed by atoms with Crippen LogP contribution in [0.25, 0.3) is 11.1 Å². The second-order valence-electron chi connectivity index (χ2n) is 10.7. The van der Waals surface area contributed by atoms with Gasteiger partial charge in [-0.3, -0.25) is 19.6 Å². The topological polar surface area (TPSA) is 66.2 Å². The lowest BCUT2D eigenvalue weighted by atomic mass is 9.92. The van der Waals surface area contributed by atoms with Gasteiger partial charge in [-0.15, -0.1) is 0 Å². The number of carbonyl (C=O) groups is 1. The van der Waals surface area contributed by atoms with Crippen molar-refractivity contribution in [2.24, 2.45) is 5.92 Å². The van der Waals surface area contributed by atoms with Crippen molar-refractivity contribution in [3.8, 4) is 0 Å². The first-order valence-corrected chi connectivity index (χ1v) is 13.5. The number of ether oxygens (including phenoxy) is 1. The fourth-order valence-electron chi connectivity index (χ4n) is 5.53. The van der Waals surface area contributed by atoms with E-state index in [0.29, 0.717) is 5.92 Å². The molecule has 0 spiro atoms. The molecule has 194 valence electrons. The highest BCUT2D eigenvalue weighted by Gasteiger charge is 2.30. The summed E-state index contributed by atoms with van der Waals surface area (Å²) in [5.74, 6) is 0.691. The van der Waals surface area contributed by atoms with E-state index < -0.39 is 0 Å². The molecule has 0 bridgehead atoms. The molecule has 5 heterocycles. The highest BCUT2D eigenvalue weighted by atomic mass is 16.5. The van der Waals surface area contributed by atoms with Gasteiger partial charge in [0.1, 0.15) is 0 Å². The molecule has 1 atom stereocenters. The van der Waals surface area contributed by atoms with Gasteiger partial charge in [0.25, 0.3) is 5.91 Å². The molecule has 8 heteroatoms. The Balaban J connectivity index is 1.26. The lowest BCUT2D eigenvalue weighted by molar-refractivity contribution is -0.122. The van der Waals surface area contributed by atoms with E-state index in [2.05, 4.69) is 41.0 Å². The van der Waals surface area contributed by atoms with E-state index >= 15 is 0 Å². The van der Waals surface area contributed by atoms with Crippen LogP contribution in [0.4, 0.5) is 0 Å². The largest absolute Gasteiger partial charge is 0.383 e. The Morgan fingerprint density at radius 1 is 1.11 bits per heavy atom. The number of methoxy groups -OCH3 is 1. The van der Waals surface area contributed by atoms with E-state index in [1.165, 1.54) is 12.8 Å². The van der Waals surface area contributed by atoms with Gasteiger partial charge in [-0.2, -0.15) is 5.10 Å². The van der Waals surface area contributed by atoms with Crippen molar-refractivity contribution in [2.45, 2.75) is 39.0 Å². The standard InChI is InChI=1S/C29H36N6O2/c1-20-4-7-23-8-9-24(33-12-10-32(11-13-33)14-15-37-3)19-34(23)28(36)16-25(20)26-17-27-29(22-5-6-22)30-21(2)18-35(27)31-26/h7-9,16-20,22H,4-6,10-15H2,1-3H3. The average molecular weight is 501 g/mol. The fraction of sp³-hybridized carbons (Fsp3) is 0.483. The molecule has 3 aliphatic heterocycles. The summed E-state index contributed by atoms with van der Waals surface area (Å²) in [5, 5.41) is 4.91. The second kappa shape index (κ2) is 9.91. The van der Waals surface area contributed by atoms with Gasteiger partial charge in [0.05, 0.1) is 41.1 Å². The van der Waals surface area contributed by atoms with E-state index in [1.54, 1.807) is 18.1 Å². The smallest absolute Gasteiger partial charge is 0.255 e. The predicted octanol–water partition coefficient (Wildman–Crippen LogP) is 3.73. The van der Waals surface area contributed by atoms with E-state index in [-0.39, 0.29) is 11.8 Å². The maximum atomic E-state index is 13.6. The third kappa shape index (κ3) is 4.88. The van der Waals surface area contributed by atoms with Crippen molar-refractivity contribution in [3.05, 3.63) is 71.2 Å². The number of fused-ring (bicyclic) bond motifs is 2. The van der Waals surface area contributed by atoms with Crippen LogP contribution in [-0.4, -0.2) is 81.6 Å². The molecule has 2 aromatic heterocycles. The zero-order valence-electron chi connectivity index (χ0n) is 22.1. The first-order chi connectivity index (χ1) is 18.0. The summed E-state index contributed by atoms with van der Waals surface area (Å²) in [4.78, 5) is 25.0. The number of allylic oxidation sites excluding steroid dienone is 4. The van der Waals surface area contributed by atoms with Crippen LogP contribution in [0.1, 0.15) is 49.2 Å². The lowest BCUT2D eigenvalue weighted by Crippen LogP contribution is -2.47. The molecule has 1 unspecified atom stereocenters. The Hall–Kier alpha value is -3.23. The highest BCUT2D eigenvalue weighted by molar-refractivity contribution is 5.98. The van der Waals surface area contributed by atoms with Gasteiger partial charge in [-0.05, 0) is 55.9 Å². The van der Waals surface area contributed by atoms with E-state index in [9.17, 15) is 4.79 Å². The van der Waals surface area contributed by atoms with Crippen LogP contribution in [0.2, 0.25) is 0 Å². The molecule has 6 rings (SSSR count). The normalized spacial score (nSPS) is 22.9. The highest BCUT2D eigenvalue weighted by Crippen LogP contribution is 2.41. The summed E-state index contributed by atoms with van der Waals surface area (Å²) in [6, 6.07) is 2.13. The van der Waals surface area contributed by atoms with Gasteiger partial charge in [0.15, 0.2) is 0 Å². The summed E-state index contributed by atoms with van der Waals surface area (Å²) >= 11 is 0. The lowest BCUT2D eigenvalue weighted by Gasteiger charge is -2.38. The number of piperazine rings is 1. The molecule has 1 aliphatic carbocycles. The van der Waals surface area contributed by atoms with Crippen molar-refractivity contribution in [2.75, 3.05) is 46.4 Å². The van der Waals surface area contributed by atoms with Gasteiger partial charge in [0, 0.05) is 63.7 Å². The molecular weight excluding hydrogens is 464 g/mol. The number of hydrogen-bond donors (Lipinski definition) is 0. The molecule has 2 aromatic rings. The number of aryl methyl sites for hydroxylation is 1. The quantitative estimate of drug-likeness (QED) is 0.602. The Kier molecular flexibility index (Phi) is 6.46. The molecule has 0 radical (unpaired) electrons. The fourth-order valence-corrected chi connectivity index (χ4v) is 5.53. The molecule has 1 saturated heterocycles. The molecular formula is C29H36N6O2. The minimum absolute atomic E-state index is 0.0258. The Bertz CT molecular complexity index is 1320. The molecule has 0 aromatic carbocycles. The van der Waals surface area contributed by atoms with Gasteiger partial charge in [-0.1, -0.05) is 13.0 Å². The third-order valence-electron chi connectivity index (χ3n) is 7.91. The van der Waals surface area contributed by atoms with Crippen LogP contribution in [0.3, 0.4) is 0 Å². The van der Waals surface area contributed by atoms with E-state index in [0.717, 1.165) is 85.3 Å². The van der Waals surface area contributed by atoms with Gasteiger partial charge in [0.2, 0.25) is 0 Å². The molecule has 37 heavy (non-hydrogen) atoms. The van der Waals surface area contributed by atoms with Gasteiger partial charge < -0.3 is 9.64 Å². The van der Waals surface area contributed by atoms with Crippen molar-refractivity contribution in [3.63, 3.8) is 0 Å². The monoisotopic (exact) mass is 500 g/mol. The number of carbonyl (C=O) groups excluding carboxylic acids is 1. The first kappa shape index (κ1) is 24.1. The summed E-state index contributed by atoms with van der Waals surface area (Å²) in [6.07, 6.45) is 15.4. The third-order valence-corrected chi connectivity index (χ3v) is 7.91. The number of nitrogens with zero attached hydrogens (tertiary/aromatic N) is 6. The Labute approximate surface area is 218 Å². The zero-order chi connectivity index (χ0) is 25.5. The maximum Gasteiger partial charge on any atom is 0.255 e. The molecule has 2 fully saturated rings.